The van der Waals surface area contributed by atoms with E-state index in [1.807, 2.05) is 17.9 Å². The average molecular weight is 168 g/mol. The van der Waals surface area contributed by atoms with Gasteiger partial charge in [-0.1, -0.05) is 19.1 Å². The summed E-state index contributed by atoms with van der Waals surface area (Å²) in [6.45, 7) is 4.99. The molecule has 0 fully saturated rings. The fourth-order valence-electron chi connectivity index (χ4n) is 1.21. The van der Waals surface area contributed by atoms with Crippen LogP contribution in [0.1, 0.15) is 13.3 Å². The Balaban J connectivity index is 2.26. The predicted molar refractivity (Wildman–Crippen MR) is 48.9 cm³/mol. The third-order valence-corrected chi connectivity index (χ3v) is 1.94. The summed E-state index contributed by atoms with van der Waals surface area (Å²) in [6, 6.07) is 0. The highest BCUT2D eigenvalue weighted by Gasteiger charge is 2.11. The Kier molecular flexibility index (Phi) is 3.80. The van der Waals surface area contributed by atoms with Crippen molar-refractivity contribution in [1.82, 2.24) is 10.2 Å². The lowest BCUT2D eigenvalue weighted by Gasteiger charge is -2.23. The Morgan fingerprint density at radius 1 is 1.58 bits per heavy atom. The zero-order valence-electron chi connectivity index (χ0n) is 7.55. The number of carbonyl (C=O) groups is 1. The molecule has 0 spiro atoms. The third kappa shape index (κ3) is 2.66. The number of hydrogen-bond donors (Lipinski definition) is 1. The van der Waals surface area contributed by atoms with Crippen molar-refractivity contribution in [3.63, 3.8) is 0 Å². The Morgan fingerprint density at radius 3 is 3.00 bits per heavy atom. The maximum absolute atomic E-state index is 11.4. The molecule has 3 heteroatoms. The first-order valence-corrected chi connectivity index (χ1v) is 4.48. The smallest absolute Gasteiger partial charge is 0.236 e. The van der Waals surface area contributed by atoms with Gasteiger partial charge in [-0.3, -0.25) is 4.79 Å². The molecule has 1 aliphatic rings. The van der Waals surface area contributed by atoms with E-state index in [0.717, 1.165) is 26.1 Å². The highest BCUT2D eigenvalue weighted by molar-refractivity contribution is 5.78. The molecule has 1 rings (SSSR count). The van der Waals surface area contributed by atoms with Gasteiger partial charge in [-0.15, -0.1) is 0 Å². The van der Waals surface area contributed by atoms with Crippen LogP contribution in [0, 0.1) is 0 Å². The average Bonchev–Trinajstić information content (AvgIpc) is 2.15. The monoisotopic (exact) mass is 168 g/mol. The van der Waals surface area contributed by atoms with Crippen molar-refractivity contribution in [3.8, 4) is 0 Å². The maximum Gasteiger partial charge on any atom is 0.236 e. The van der Waals surface area contributed by atoms with Gasteiger partial charge in [-0.25, -0.2) is 0 Å². The lowest BCUT2D eigenvalue weighted by molar-refractivity contribution is -0.129. The Morgan fingerprint density at radius 2 is 2.42 bits per heavy atom. The van der Waals surface area contributed by atoms with Crippen LogP contribution in [0.5, 0.6) is 0 Å². The molecule has 0 aromatic carbocycles. The van der Waals surface area contributed by atoms with E-state index in [1.54, 1.807) is 0 Å². The fourth-order valence-corrected chi connectivity index (χ4v) is 1.21. The van der Waals surface area contributed by atoms with Crippen molar-refractivity contribution in [1.29, 1.82) is 0 Å². The number of hydrogen-bond acceptors (Lipinski definition) is 2. The van der Waals surface area contributed by atoms with Crippen LogP contribution >= 0.6 is 0 Å². The van der Waals surface area contributed by atoms with Crippen molar-refractivity contribution in [2.75, 3.05) is 26.2 Å². The minimum Gasteiger partial charge on any atom is -0.338 e. The second-order valence-corrected chi connectivity index (χ2v) is 2.88. The first kappa shape index (κ1) is 9.26. The zero-order chi connectivity index (χ0) is 8.81. The lowest BCUT2D eigenvalue weighted by Crippen LogP contribution is -2.39. The van der Waals surface area contributed by atoms with E-state index < -0.39 is 0 Å². The predicted octanol–water partition coefficient (Wildman–Crippen LogP) is 0.384. The van der Waals surface area contributed by atoms with Crippen LogP contribution in [-0.4, -0.2) is 37.0 Å². The molecule has 0 aromatic rings. The third-order valence-electron chi connectivity index (χ3n) is 1.94. The van der Waals surface area contributed by atoms with Crippen molar-refractivity contribution in [3.05, 3.63) is 12.2 Å². The molecule has 3 nitrogen and oxygen atoms in total. The van der Waals surface area contributed by atoms with Crippen molar-refractivity contribution < 1.29 is 4.79 Å². The molecule has 0 saturated carbocycles. The molecule has 1 N–H and O–H groups in total. The Bertz CT molecular complexity index is 177. The second-order valence-electron chi connectivity index (χ2n) is 2.88. The molecule has 1 aliphatic heterocycles. The van der Waals surface area contributed by atoms with Crippen LogP contribution in [0.15, 0.2) is 12.2 Å². The molecule has 0 radical (unpaired) electrons. The molecule has 0 aliphatic carbocycles. The maximum atomic E-state index is 11.4. The van der Waals surface area contributed by atoms with Crippen LogP contribution in [0.2, 0.25) is 0 Å². The summed E-state index contributed by atoms with van der Waals surface area (Å²) in [5.41, 5.74) is 0. The Hall–Kier alpha value is -0.830. The van der Waals surface area contributed by atoms with E-state index in [1.165, 1.54) is 0 Å². The molecule has 0 atom stereocenters. The molecule has 0 bridgehead atoms. The van der Waals surface area contributed by atoms with Gasteiger partial charge in [0, 0.05) is 13.1 Å². The normalized spacial score (nSPS) is 16.6. The first-order chi connectivity index (χ1) is 5.84. The number of rotatable bonds is 3. The molecule has 0 aromatic heterocycles. The SMILES string of the molecule is CCNCC(=O)N1CC=CCC1. The van der Waals surface area contributed by atoms with Gasteiger partial charge in [0.05, 0.1) is 6.54 Å². The van der Waals surface area contributed by atoms with Crippen LogP contribution in [0.3, 0.4) is 0 Å². The topological polar surface area (TPSA) is 32.3 Å². The van der Waals surface area contributed by atoms with Gasteiger partial charge < -0.3 is 10.2 Å². The summed E-state index contributed by atoms with van der Waals surface area (Å²) in [5, 5.41) is 3.03. The van der Waals surface area contributed by atoms with E-state index >= 15 is 0 Å². The zero-order valence-corrected chi connectivity index (χ0v) is 7.55. The van der Waals surface area contributed by atoms with Crippen LogP contribution < -0.4 is 5.32 Å². The van der Waals surface area contributed by atoms with Crippen molar-refractivity contribution in [2.45, 2.75) is 13.3 Å². The number of nitrogens with zero attached hydrogens (tertiary/aromatic N) is 1. The van der Waals surface area contributed by atoms with Gasteiger partial charge in [0.25, 0.3) is 0 Å². The summed E-state index contributed by atoms with van der Waals surface area (Å²) < 4.78 is 0. The molecule has 1 heterocycles. The number of carbonyl (C=O) groups excluding carboxylic acids is 1. The summed E-state index contributed by atoms with van der Waals surface area (Å²) >= 11 is 0. The molecule has 68 valence electrons. The largest absolute Gasteiger partial charge is 0.338 e. The number of nitrogens with one attached hydrogen (secondary N) is 1. The number of amides is 1. The van der Waals surface area contributed by atoms with Gasteiger partial charge in [-0.2, -0.15) is 0 Å². The van der Waals surface area contributed by atoms with E-state index in [4.69, 9.17) is 0 Å². The summed E-state index contributed by atoms with van der Waals surface area (Å²) in [5.74, 6) is 0.209. The van der Waals surface area contributed by atoms with Gasteiger partial charge in [0.1, 0.15) is 0 Å². The van der Waals surface area contributed by atoms with E-state index in [9.17, 15) is 4.79 Å². The summed E-state index contributed by atoms with van der Waals surface area (Å²) in [6.07, 6.45) is 5.17. The van der Waals surface area contributed by atoms with Crippen LogP contribution in [0.4, 0.5) is 0 Å². The van der Waals surface area contributed by atoms with Crippen LogP contribution in [-0.2, 0) is 4.79 Å². The van der Waals surface area contributed by atoms with Crippen LogP contribution in [0.25, 0.3) is 0 Å². The lowest BCUT2D eigenvalue weighted by atomic mass is 10.2. The van der Waals surface area contributed by atoms with E-state index in [2.05, 4.69) is 11.4 Å². The summed E-state index contributed by atoms with van der Waals surface area (Å²) in [4.78, 5) is 13.3. The number of likely N-dealkylation sites (N-methyl/N-ethyl adjacent to an activating group) is 1. The minimum atomic E-state index is 0.209. The molecule has 0 saturated heterocycles. The van der Waals surface area contributed by atoms with Crippen molar-refractivity contribution in [2.24, 2.45) is 0 Å². The Labute approximate surface area is 73.4 Å². The van der Waals surface area contributed by atoms with Gasteiger partial charge >= 0.3 is 0 Å². The summed E-state index contributed by atoms with van der Waals surface area (Å²) in [7, 11) is 0. The first-order valence-electron chi connectivity index (χ1n) is 4.48. The van der Waals surface area contributed by atoms with Gasteiger partial charge in [0.15, 0.2) is 0 Å². The molecular weight excluding hydrogens is 152 g/mol. The fraction of sp³-hybridized carbons (Fsp3) is 0.667. The molecule has 0 unspecified atom stereocenters. The molecule has 1 amide bonds. The minimum absolute atomic E-state index is 0.209. The van der Waals surface area contributed by atoms with E-state index in [0.29, 0.717) is 6.54 Å². The highest BCUT2D eigenvalue weighted by atomic mass is 16.2. The highest BCUT2D eigenvalue weighted by Crippen LogP contribution is 2.00. The van der Waals surface area contributed by atoms with Gasteiger partial charge in [-0.05, 0) is 13.0 Å². The molecular formula is C9H16N2O. The van der Waals surface area contributed by atoms with Gasteiger partial charge in [0.2, 0.25) is 5.91 Å². The van der Waals surface area contributed by atoms with E-state index in [-0.39, 0.29) is 5.91 Å². The quantitative estimate of drug-likeness (QED) is 0.618. The molecule has 12 heavy (non-hydrogen) atoms. The standard InChI is InChI=1S/C9H16N2O/c1-2-10-8-9(12)11-6-4-3-5-7-11/h3-4,10H,2,5-8H2,1H3. The van der Waals surface area contributed by atoms with Crippen molar-refractivity contribution >= 4 is 5.91 Å². The second kappa shape index (κ2) is 4.93.